The largest absolute Gasteiger partial charge is 0.481 e. The van der Waals surface area contributed by atoms with Crippen LogP contribution in [-0.2, 0) is 19.1 Å². The van der Waals surface area contributed by atoms with Crippen molar-refractivity contribution in [3.8, 4) is 11.1 Å². The first-order valence-corrected chi connectivity index (χ1v) is 11.0. The minimum absolute atomic E-state index is 0.0814. The maximum atomic E-state index is 12.9. The molecule has 2 aliphatic carbocycles. The van der Waals surface area contributed by atoms with Gasteiger partial charge in [-0.1, -0.05) is 48.5 Å². The van der Waals surface area contributed by atoms with Crippen LogP contribution in [-0.4, -0.2) is 66.9 Å². The van der Waals surface area contributed by atoms with Gasteiger partial charge in [0.2, 0.25) is 5.91 Å². The summed E-state index contributed by atoms with van der Waals surface area (Å²) in [6, 6.07) is 14.6. The van der Waals surface area contributed by atoms with Crippen LogP contribution in [0, 0.1) is 0 Å². The number of carbonyl (C=O) groups is 3. The number of amides is 2. The van der Waals surface area contributed by atoms with E-state index in [1.807, 2.05) is 48.5 Å². The Morgan fingerprint density at radius 3 is 2.18 bits per heavy atom. The van der Waals surface area contributed by atoms with Crippen molar-refractivity contribution in [1.29, 1.82) is 0 Å². The molecule has 8 nitrogen and oxygen atoms in total. The van der Waals surface area contributed by atoms with Gasteiger partial charge in [-0.05, 0) is 35.1 Å². The molecule has 0 heterocycles. The molecule has 2 aromatic rings. The summed E-state index contributed by atoms with van der Waals surface area (Å²) in [7, 11) is 3.19. The Bertz CT molecular complexity index is 1010. The number of nitrogens with one attached hydrogen (secondary N) is 1. The number of carboxylic acids is 1. The Balaban J connectivity index is 1.42. The van der Waals surface area contributed by atoms with Crippen LogP contribution in [0.1, 0.15) is 36.3 Å². The molecular weight excluding hydrogens is 424 g/mol. The zero-order valence-corrected chi connectivity index (χ0v) is 18.7. The fourth-order valence-electron chi connectivity index (χ4n) is 4.74. The fraction of sp³-hybridized carbons (Fsp3) is 0.400. The first-order valence-electron chi connectivity index (χ1n) is 11.0. The van der Waals surface area contributed by atoms with E-state index in [0.717, 1.165) is 35.1 Å². The van der Waals surface area contributed by atoms with E-state index < -0.39 is 30.4 Å². The highest BCUT2D eigenvalue weighted by atomic mass is 16.5. The summed E-state index contributed by atoms with van der Waals surface area (Å²) < 4.78 is 10.8. The van der Waals surface area contributed by atoms with Crippen LogP contribution >= 0.6 is 0 Å². The number of fused-ring (bicyclic) bond motifs is 3. The minimum atomic E-state index is -1.22. The standard InChI is InChI=1S/C25H28N2O6/c1-27(21-11-12-22(21)32-2)24(30)20(13-23(28)29)26-25(31)33-14-19-17-9-5-3-7-15(17)16-8-4-6-10-18(16)19/h3-10,19-22H,11-14H2,1-2H3,(H,26,31)(H,28,29). The van der Waals surface area contributed by atoms with E-state index in [-0.39, 0.29) is 24.7 Å². The predicted octanol–water partition coefficient (Wildman–Crippen LogP) is 3.00. The van der Waals surface area contributed by atoms with Crippen LogP contribution in [0.5, 0.6) is 0 Å². The van der Waals surface area contributed by atoms with Crippen molar-refractivity contribution in [2.45, 2.75) is 43.4 Å². The lowest BCUT2D eigenvalue weighted by atomic mass is 9.87. The van der Waals surface area contributed by atoms with Gasteiger partial charge in [-0.3, -0.25) is 9.59 Å². The zero-order valence-electron chi connectivity index (χ0n) is 18.7. The first kappa shape index (κ1) is 22.8. The molecule has 4 rings (SSSR count). The molecule has 1 fully saturated rings. The highest BCUT2D eigenvalue weighted by Gasteiger charge is 2.39. The number of benzene rings is 2. The second kappa shape index (κ2) is 9.62. The van der Waals surface area contributed by atoms with Gasteiger partial charge in [-0.25, -0.2) is 4.79 Å². The summed E-state index contributed by atoms with van der Waals surface area (Å²) >= 11 is 0. The monoisotopic (exact) mass is 452 g/mol. The smallest absolute Gasteiger partial charge is 0.407 e. The summed E-state index contributed by atoms with van der Waals surface area (Å²) in [6.45, 7) is 0.0814. The van der Waals surface area contributed by atoms with Crippen LogP contribution in [0.2, 0.25) is 0 Å². The van der Waals surface area contributed by atoms with E-state index in [9.17, 15) is 19.5 Å². The lowest BCUT2D eigenvalue weighted by Crippen LogP contribution is -2.57. The SMILES string of the molecule is COC1CCC1N(C)C(=O)C(CC(=O)O)NC(=O)OCC1c2ccccc2-c2ccccc21. The van der Waals surface area contributed by atoms with Gasteiger partial charge in [0.1, 0.15) is 12.6 Å². The molecule has 0 radical (unpaired) electrons. The van der Waals surface area contributed by atoms with Crippen molar-refractivity contribution in [2.24, 2.45) is 0 Å². The number of ether oxygens (including phenoxy) is 2. The van der Waals surface area contributed by atoms with Crippen LogP contribution in [0.3, 0.4) is 0 Å². The number of hydrogen-bond donors (Lipinski definition) is 2. The normalized spacial score (nSPS) is 19.6. The molecule has 3 atom stereocenters. The number of nitrogens with zero attached hydrogens (tertiary/aromatic N) is 1. The lowest BCUT2D eigenvalue weighted by molar-refractivity contribution is -0.146. The Morgan fingerprint density at radius 1 is 1.06 bits per heavy atom. The molecule has 8 heteroatoms. The third-order valence-corrected chi connectivity index (χ3v) is 6.64. The van der Waals surface area contributed by atoms with Gasteiger partial charge >= 0.3 is 12.1 Å². The molecule has 1 saturated carbocycles. The number of hydrogen-bond acceptors (Lipinski definition) is 5. The number of methoxy groups -OCH3 is 1. The van der Waals surface area contributed by atoms with E-state index in [4.69, 9.17) is 9.47 Å². The average molecular weight is 453 g/mol. The molecule has 0 bridgehead atoms. The predicted molar refractivity (Wildman–Crippen MR) is 121 cm³/mol. The molecule has 0 aromatic heterocycles. The van der Waals surface area contributed by atoms with Crippen LogP contribution in [0.25, 0.3) is 11.1 Å². The lowest BCUT2D eigenvalue weighted by Gasteiger charge is -2.42. The fourth-order valence-corrected chi connectivity index (χ4v) is 4.74. The summed E-state index contributed by atoms with van der Waals surface area (Å²) in [5.41, 5.74) is 4.35. The Kier molecular flexibility index (Phi) is 6.65. The van der Waals surface area contributed by atoms with E-state index >= 15 is 0 Å². The number of alkyl carbamates (subject to hydrolysis) is 1. The maximum Gasteiger partial charge on any atom is 0.407 e. The van der Waals surface area contributed by atoms with Crippen molar-refractivity contribution >= 4 is 18.0 Å². The Hall–Kier alpha value is -3.39. The molecule has 33 heavy (non-hydrogen) atoms. The molecular formula is C25H28N2O6. The second-order valence-electron chi connectivity index (χ2n) is 8.49. The highest BCUT2D eigenvalue weighted by Crippen LogP contribution is 2.44. The number of rotatable bonds is 8. The molecule has 174 valence electrons. The van der Waals surface area contributed by atoms with E-state index in [2.05, 4.69) is 5.32 Å². The summed E-state index contributed by atoms with van der Waals surface area (Å²) in [5.74, 6) is -1.79. The molecule has 2 aliphatic rings. The van der Waals surface area contributed by atoms with Gasteiger partial charge in [-0.2, -0.15) is 0 Å². The van der Waals surface area contributed by atoms with Gasteiger partial charge in [0.05, 0.1) is 18.6 Å². The van der Waals surface area contributed by atoms with Crippen LogP contribution in [0.4, 0.5) is 4.79 Å². The van der Waals surface area contributed by atoms with Crippen molar-refractivity contribution < 1.29 is 29.0 Å². The van der Waals surface area contributed by atoms with Gasteiger partial charge < -0.3 is 24.8 Å². The average Bonchev–Trinajstić information content (AvgIpc) is 3.10. The third kappa shape index (κ3) is 4.57. The summed E-state index contributed by atoms with van der Waals surface area (Å²) in [4.78, 5) is 38.3. The van der Waals surface area contributed by atoms with Gasteiger partial charge in [-0.15, -0.1) is 0 Å². The minimum Gasteiger partial charge on any atom is -0.481 e. The van der Waals surface area contributed by atoms with E-state index in [1.165, 1.54) is 4.90 Å². The summed E-state index contributed by atoms with van der Waals surface area (Å²) in [5, 5.41) is 11.7. The number of likely N-dealkylation sites (N-methyl/N-ethyl adjacent to an activating group) is 1. The summed E-state index contributed by atoms with van der Waals surface area (Å²) in [6.07, 6.45) is 0.173. The topological polar surface area (TPSA) is 105 Å². The van der Waals surface area contributed by atoms with Gasteiger partial charge in [0.25, 0.3) is 0 Å². The molecule has 3 unspecified atom stereocenters. The molecule has 2 amide bonds. The second-order valence-corrected chi connectivity index (χ2v) is 8.49. The Morgan fingerprint density at radius 2 is 1.67 bits per heavy atom. The maximum absolute atomic E-state index is 12.9. The van der Waals surface area contributed by atoms with E-state index in [1.54, 1.807) is 14.2 Å². The van der Waals surface area contributed by atoms with Crippen molar-refractivity contribution in [2.75, 3.05) is 20.8 Å². The van der Waals surface area contributed by atoms with E-state index in [0.29, 0.717) is 0 Å². The quantitative estimate of drug-likeness (QED) is 0.638. The molecule has 2 N–H and O–H groups in total. The third-order valence-electron chi connectivity index (χ3n) is 6.64. The molecule has 0 spiro atoms. The number of carbonyl (C=O) groups excluding carboxylic acids is 2. The Labute approximate surface area is 192 Å². The van der Waals surface area contributed by atoms with Crippen LogP contribution < -0.4 is 5.32 Å². The first-order chi connectivity index (χ1) is 15.9. The number of aliphatic carboxylic acids is 1. The van der Waals surface area contributed by atoms with Crippen molar-refractivity contribution in [3.63, 3.8) is 0 Å². The van der Waals surface area contributed by atoms with Crippen molar-refractivity contribution in [3.05, 3.63) is 59.7 Å². The number of carboxylic acid groups (broad SMARTS) is 1. The van der Waals surface area contributed by atoms with Crippen LogP contribution in [0.15, 0.2) is 48.5 Å². The molecule has 0 aliphatic heterocycles. The highest BCUT2D eigenvalue weighted by molar-refractivity contribution is 5.89. The van der Waals surface area contributed by atoms with Gasteiger partial charge in [0, 0.05) is 20.1 Å². The zero-order chi connectivity index (χ0) is 23.5. The molecule has 2 aromatic carbocycles. The van der Waals surface area contributed by atoms with Crippen molar-refractivity contribution in [1.82, 2.24) is 10.2 Å². The van der Waals surface area contributed by atoms with Gasteiger partial charge in [0.15, 0.2) is 0 Å². The molecule has 0 saturated heterocycles.